The van der Waals surface area contributed by atoms with E-state index in [0.717, 1.165) is 17.8 Å². The van der Waals surface area contributed by atoms with Crippen molar-refractivity contribution in [2.75, 3.05) is 4.90 Å². The highest BCUT2D eigenvalue weighted by atomic mass is 16.6. The maximum Gasteiger partial charge on any atom is 0.334 e. The molecule has 3 heteroatoms. The molecule has 0 N–H and O–H groups in total. The number of ether oxygens (including phenoxy) is 1. The predicted molar refractivity (Wildman–Crippen MR) is 87.7 cm³/mol. The van der Waals surface area contributed by atoms with Crippen LogP contribution in [0, 0.1) is 0 Å². The van der Waals surface area contributed by atoms with E-state index in [1.165, 1.54) is 5.56 Å². The third kappa shape index (κ3) is 2.84. The topological polar surface area (TPSA) is 29.5 Å². The predicted octanol–water partition coefficient (Wildman–Crippen LogP) is 4.09. The van der Waals surface area contributed by atoms with E-state index in [4.69, 9.17) is 4.74 Å². The Labute approximate surface area is 131 Å². The van der Waals surface area contributed by atoms with Crippen LogP contribution in [-0.4, -0.2) is 11.6 Å². The monoisotopic (exact) mass is 295 g/mol. The molecule has 0 saturated carbocycles. The Morgan fingerprint density at radius 3 is 2.36 bits per heavy atom. The molecule has 0 aromatic heterocycles. The number of nitrogens with zero attached hydrogens (tertiary/aromatic N) is 1. The third-order valence-electron chi connectivity index (χ3n) is 3.72. The molecule has 3 nitrogen and oxygen atoms in total. The van der Waals surface area contributed by atoms with Crippen molar-refractivity contribution in [3.63, 3.8) is 0 Å². The fraction of sp³-hybridized carbons (Fsp3) is 0.316. The Morgan fingerprint density at radius 2 is 1.68 bits per heavy atom. The van der Waals surface area contributed by atoms with Crippen LogP contribution in [0.25, 0.3) is 0 Å². The highest BCUT2D eigenvalue weighted by Crippen LogP contribution is 2.38. The summed E-state index contributed by atoms with van der Waals surface area (Å²) < 4.78 is 5.65. The summed E-state index contributed by atoms with van der Waals surface area (Å²) in [5.74, 6) is -0.193. The van der Waals surface area contributed by atoms with Gasteiger partial charge in [-0.25, -0.2) is 4.79 Å². The molecule has 1 heterocycles. The Hall–Kier alpha value is -2.29. The lowest BCUT2D eigenvalue weighted by molar-refractivity contribution is -0.156. The number of anilines is 1. The van der Waals surface area contributed by atoms with Crippen molar-refractivity contribution >= 4 is 11.7 Å². The number of hydrogen-bond donors (Lipinski definition) is 0. The van der Waals surface area contributed by atoms with E-state index >= 15 is 0 Å². The van der Waals surface area contributed by atoms with Gasteiger partial charge in [0.05, 0.1) is 0 Å². The summed E-state index contributed by atoms with van der Waals surface area (Å²) in [7, 11) is 0. The van der Waals surface area contributed by atoms with E-state index in [9.17, 15) is 4.79 Å². The van der Waals surface area contributed by atoms with Crippen molar-refractivity contribution in [2.45, 2.75) is 39.0 Å². The molecule has 114 valence electrons. The van der Waals surface area contributed by atoms with Gasteiger partial charge in [0.1, 0.15) is 5.60 Å². The first-order chi connectivity index (χ1) is 10.5. The zero-order chi connectivity index (χ0) is 15.7. The minimum Gasteiger partial charge on any atom is -0.458 e. The molecule has 0 aliphatic carbocycles. The van der Waals surface area contributed by atoms with E-state index in [0.29, 0.717) is 0 Å². The molecule has 1 aliphatic heterocycles. The third-order valence-corrected chi connectivity index (χ3v) is 3.72. The Morgan fingerprint density at radius 1 is 1.05 bits per heavy atom. The molecule has 0 fully saturated rings. The molecule has 2 aromatic carbocycles. The molecule has 0 amide bonds. The fourth-order valence-corrected chi connectivity index (χ4v) is 2.86. The highest BCUT2D eigenvalue weighted by molar-refractivity contribution is 5.84. The number of fused-ring (bicyclic) bond motifs is 1. The van der Waals surface area contributed by atoms with Crippen LogP contribution in [0.4, 0.5) is 5.69 Å². The quantitative estimate of drug-likeness (QED) is 0.782. The molecule has 0 spiro atoms. The minimum atomic E-state index is -0.489. The van der Waals surface area contributed by atoms with Crippen molar-refractivity contribution < 1.29 is 9.53 Å². The molecular formula is C19H21NO2. The summed E-state index contributed by atoms with van der Waals surface area (Å²) in [6.45, 7) is 6.43. The summed E-state index contributed by atoms with van der Waals surface area (Å²) in [4.78, 5) is 14.9. The van der Waals surface area contributed by atoms with Crippen LogP contribution < -0.4 is 4.90 Å². The summed E-state index contributed by atoms with van der Waals surface area (Å²) in [5, 5.41) is 0. The van der Waals surface area contributed by atoms with E-state index in [1.54, 1.807) is 0 Å². The number of benzene rings is 2. The molecule has 22 heavy (non-hydrogen) atoms. The standard InChI is InChI=1S/C19H21NO2/c1-19(2,3)22-18(21)17-16-12-8-7-9-14(16)13-20(17)15-10-5-4-6-11-15/h4-12,17H,13H2,1-3H3. The normalized spacial score (nSPS) is 17.2. The summed E-state index contributed by atoms with van der Waals surface area (Å²) in [5.41, 5.74) is 2.77. The molecular weight excluding hydrogens is 274 g/mol. The Bertz CT molecular complexity index is 673. The van der Waals surface area contributed by atoms with Crippen LogP contribution in [0.3, 0.4) is 0 Å². The lowest BCUT2D eigenvalue weighted by atomic mass is 10.0. The van der Waals surface area contributed by atoms with Crippen molar-refractivity contribution in [3.05, 3.63) is 65.7 Å². The first-order valence-electron chi connectivity index (χ1n) is 7.58. The molecule has 0 bridgehead atoms. The van der Waals surface area contributed by atoms with Gasteiger partial charge in [0.15, 0.2) is 6.04 Å². The lowest BCUT2D eigenvalue weighted by Crippen LogP contribution is -2.34. The van der Waals surface area contributed by atoms with Gasteiger partial charge in [-0.1, -0.05) is 42.5 Å². The molecule has 1 atom stereocenters. The Balaban J connectivity index is 1.99. The van der Waals surface area contributed by atoms with Gasteiger partial charge < -0.3 is 9.64 Å². The fourth-order valence-electron chi connectivity index (χ4n) is 2.86. The molecule has 3 rings (SSSR count). The van der Waals surface area contributed by atoms with Crippen molar-refractivity contribution in [2.24, 2.45) is 0 Å². The number of esters is 1. The Kier molecular flexibility index (Phi) is 3.65. The maximum absolute atomic E-state index is 12.7. The number of carbonyl (C=O) groups is 1. The van der Waals surface area contributed by atoms with Crippen LogP contribution in [-0.2, 0) is 16.1 Å². The van der Waals surface area contributed by atoms with Gasteiger partial charge in [-0.3, -0.25) is 0 Å². The lowest BCUT2D eigenvalue weighted by Gasteiger charge is -2.29. The van der Waals surface area contributed by atoms with Crippen LogP contribution >= 0.6 is 0 Å². The van der Waals surface area contributed by atoms with Crippen molar-refractivity contribution in [1.29, 1.82) is 0 Å². The summed E-state index contributed by atoms with van der Waals surface area (Å²) >= 11 is 0. The molecule has 2 aromatic rings. The largest absolute Gasteiger partial charge is 0.458 e. The van der Waals surface area contributed by atoms with Crippen molar-refractivity contribution in [3.8, 4) is 0 Å². The number of carbonyl (C=O) groups excluding carboxylic acids is 1. The van der Waals surface area contributed by atoms with Gasteiger partial charge in [0.25, 0.3) is 0 Å². The first kappa shape index (κ1) is 14.6. The zero-order valence-electron chi connectivity index (χ0n) is 13.2. The number of hydrogen-bond acceptors (Lipinski definition) is 3. The number of para-hydroxylation sites is 1. The molecule has 1 aliphatic rings. The first-order valence-corrected chi connectivity index (χ1v) is 7.58. The van der Waals surface area contributed by atoms with Gasteiger partial charge in [-0.2, -0.15) is 0 Å². The maximum atomic E-state index is 12.7. The van der Waals surface area contributed by atoms with Crippen LogP contribution in [0.1, 0.15) is 37.9 Å². The van der Waals surface area contributed by atoms with E-state index < -0.39 is 5.60 Å². The average Bonchev–Trinajstić information content (AvgIpc) is 2.86. The van der Waals surface area contributed by atoms with Gasteiger partial charge in [-0.05, 0) is 44.0 Å². The second kappa shape index (κ2) is 5.48. The molecule has 0 radical (unpaired) electrons. The van der Waals surface area contributed by atoms with E-state index in [2.05, 4.69) is 11.0 Å². The highest BCUT2D eigenvalue weighted by Gasteiger charge is 2.38. The van der Waals surface area contributed by atoms with Crippen LogP contribution in [0.15, 0.2) is 54.6 Å². The van der Waals surface area contributed by atoms with Crippen LogP contribution in [0.2, 0.25) is 0 Å². The van der Waals surface area contributed by atoms with E-state index in [-0.39, 0.29) is 12.0 Å². The minimum absolute atomic E-state index is 0.193. The number of rotatable bonds is 2. The van der Waals surface area contributed by atoms with Crippen molar-refractivity contribution in [1.82, 2.24) is 0 Å². The summed E-state index contributed by atoms with van der Waals surface area (Å²) in [6.07, 6.45) is 0. The van der Waals surface area contributed by atoms with Gasteiger partial charge in [0, 0.05) is 12.2 Å². The van der Waals surface area contributed by atoms with Gasteiger partial charge >= 0.3 is 5.97 Å². The average molecular weight is 295 g/mol. The smallest absolute Gasteiger partial charge is 0.334 e. The van der Waals surface area contributed by atoms with Crippen LogP contribution in [0.5, 0.6) is 0 Å². The van der Waals surface area contributed by atoms with E-state index in [1.807, 2.05) is 69.3 Å². The summed E-state index contributed by atoms with van der Waals surface area (Å²) in [6, 6.07) is 17.7. The molecule has 1 unspecified atom stereocenters. The second-order valence-electron chi connectivity index (χ2n) is 6.60. The zero-order valence-corrected chi connectivity index (χ0v) is 13.2. The molecule has 0 saturated heterocycles. The van der Waals surface area contributed by atoms with Gasteiger partial charge in [-0.15, -0.1) is 0 Å². The second-order valence-corrected chi connectivity index (χ2v) is 6.60. The van der Waals surface area contributed by atoms with Gasteiger partial charge in [0.2, 0.25) is 0 Å². The SMILES string of the molecule is CC(C)(C)OC(=O)C1c2ccccc2CN1c1ccccc1.